The maximum atomic E-state index is 5.26. The topological polar surface area (TPSA) is 21.3 Å². The number of benzene rings is 1. The van der Waals surface area contributed by atoms with Gasteiger partial charge >= 0.3 is 0 Å². The normalized spacial score (nSPS) is 15.8. The van der Waals surface area contributed by atoms with Gasteiger partial charge in [0.05, 0.1) is 13.2 Å². The lowest BCUT2D eigenvalue weighted by Crippen LogP contribution is -2.19. The fourth-order valence-electron chi connectivity index (χ4n) is 2.32. The summed E-state index contributed by atoms with van der Waals surface area (Å²) in [5.74, 6) is 0.870. The number of allylic oxidation sites excluding steroid dienone is 5. The van der Waals surface area contributed by atoms with Crippen LogP contribution in [-0.2, 0) is 0 Å². The maximum Gasteiger partial charge on any atom is 0.119 e. The van der Waals surface area contributed by atoms with Crippen molar-refractivity contribution in [2.75, 3.05) is 13.7 Å². The first-order chi connectivity index (χ1) is 10.3. The Labute approximate surface area is 127 Å². The molecule has 110 valence electrons. The second kappa shape index (κ2) is 8.28. The van der Waals surface area contributed by atoms with E-state index in [0.717, 1.165) is 30.7 Å². The molecule has 0 amide bonds. The molecule has 0 saturated heterocycles. The highest BCUT2D eigenvalue weighted by Gasteiger charge is 2.06. The molecular formula is C19H23NO. The number of nitrogens with one attached hydrogen (secondary N) is 1. The van der Waals surface area contributed by atoms with Gasteiger partial charge in [0, 0.05) is 6.54 Å². The lowest BCUT2D eigenvalue weighted by atomic mass is 10.1. The third-order valence-corrected chi connectivity index (χ3v) is 3.48. The summed E-state index contributed by atoms with van der Waals surface area (Å²) in [5, 5.41) is 3.46. The molecule has 1 aromatic rings. The molecule has 1 aromatic carbocycles. The Balaban J connectivity index is 1.90. The van der Waals surface area contributed by atoms with Crippen molar-refractivity contribution < 1.29 is 4.74 Å². The molecule has 0 bridgehead atoms. The highest BCUT2D eigenvalue weighted by atomic mass is 16.5. The summed E-state index contributed by atoms with van der Waals surface area (Å²) in [4.78, 5) is 0. The second-order valence-electron chi connectivity index (χ2n) is 4.98. The number of hydrogen-bond acceptors (Lipinski definition) is 2. The van der Waals surface area contributed by atoms with Gasteiger partial charge in [-0.2, -0.15) is 0 Å². The SMILES string of the molecule is C=CC(NC/C=C/C1=CCCC=C1)c1cccc(OC)c1. The zero-order valence-electron chi connectivity index (χ0n) is 12.6. The van der Waals surface area contributed by atoms with Crippen molar-refractivity contribution in [2.45, 2.75) is 18.9 Å². The van der Waals surface area contributed by atoms with Crippen LogP contribution >= 0.6 is 0 Å². The lowest BCUT2D eigenvalue weighted by molar-refractivity contribution is 0.414. The van der Waals surface area contributed by atoms with Crippen molar-refractivity contribution >= 4 is 0 Å². The third-order valence-electron chi connectivity index (χ3n) is 3.48. The zero-order chi connectivity index (χ0) is 14.9. The highest BCUT2D eigenvalue weighted by molar-refractivity contribution is 5.34. The molecule has 0 aromatic heterocycles. The van der Waals surface area contributed by atoms with Crippen LogP contribution in [0.4, 0.5) is 0 Å². The molecule has 0 spiro atoms. The monoisotopic (exact) mass is 281 g/mol. The molecular weight excluding hydrogens is 258 g/mol. The summed E-state index contributed by atoms with van der Waals surface area (Å²) < 4.78 is 5.26. The van der Waals surface area contributed by atoms with Gasteiger partial charge < -0.3 is 10.1 Å². The zero-order valence-corrected chi connectivity index (χ0v) is 12.6. The van der Waals surface area contributed by atoms with E-state index in [0.29, 0.717) is 0 Å². The third kappa shape index (κ3) is 4.76. The van der Waals surface area contributed by atoms with Crippen LogP contribution in [0, 0.1) is 0 Å². The van der Waals surface area contributed by atoms with Gasteiger partial charge in [-0.15, -0.1) is 6.58 Å². The molecule has 1 atom stereocenters. The van der Waals surface area contributed by atoms with E-state index < -0.39 is 0 Å². The van der Waals surface area contributed by atoms with Crippen molar-refractivity contribution in [3.63, 3.8) is 0 Å². The molecule has 1 aliphatic rings. The predicted octanol–water partition coefficient (Wildman–Crippen LogP) is 4.34. The van der Waals surface area contributed by atoms with E-state index >= 15 is 0 Å². The largest absolute Gasteiger partial charge is 0.497 e. The van der Waals surface area contributed by atoms with E-state index in [2.05, 4.69) is 48.3 Å². The Hall–Kier alpha value is -2.06. The predicted molar refractivity (Wildman–Crippen MR) is 89.5 cm³/mol. The van der Waals surface area contributed by atoms with Crippen LogP contribution in [0.2, 0.25) is 0 Å². The van der Waals surface area contributed by atoms with Crippen molar-refractivity contribution in [3.8, 4) is 5.75 Å². The van der Waals surface area contributed by atoms with Crippen LogP contribution in [0.1, 0.15) is 24.4 Å². The summed E-state index contributed by atoms with van der Waals surface area (Å²) in [6.45, 7) is 4.72. The average molecular weight is 281 g/mol. The summed E-state index contributed by atoms with van der Waals surface area (Å²) in [5.41, 5.74) is 2.45. The van der Waals surface area contributed by atoms with E-state index in [-0.39, 0.29) is 6.04 Å². The summed E-state index contributed by atoms with van der Waals surface area (Å²) in [6.07, 6.45) is 15.2. The Morgan fingerprint density at radius 1 is 1.38 bits per heavy atom. The molecule has 0 heterocycles. The second-order valence-corrected chi connectivity index (χ2v) is 4.98. The molecule has 1 unspecified atom stereocenters. The smallest absolute Gasteiger partial charge is 0.119 e. The Kier molecular flexibility index (Phi) is 6.04. The van der Waals surface area contributed by atoms with Gasteiger partial charge in [-0.25, -0.2) is 0 Å². The Bertz CT molecular complexity index is 554. The first kappa shape index (κ1) is 15.3. The molecule has 1 N–H and O–H groups in total. The first-order valence-electron chi connectivity index (χ1n) is 7.36. The van der Waals surface area contributed by atoms with Crippen molar-refractivity contribution in [1.82, 2.24) is 5.32 Å². The molecule has 21 heavy (non-hydrogen) atoms. The minimum absolute atomic E-state index is 0.126. The van der Waals surface area contributed by atoms with Crippen molar-refractivity contribution in [3.05, 3.63) is 78.4 Å². The number of methoxy groups -OCH3 is 1. The average Bonchev–Trinajstić information content (AvgIpc) is 2.56. The fourth-order valence-corrected chi connectivity index (χ4v) is 2.32. The summed E-state index contributed by atoms with van der Waals surface area (Å²) in [6, 6.07) is 8.19. The molecule has 0 fully saturated rings. The van der Waals surface area contributed by atoms with E-state index in [4.69, 9.17) is 4.74 Å². The van der Waals surface area contributed by atoms with Crippen molar-refractivity contribution in [2.24, 2.45) is 0 Å². The lowest BCUT2D eigenvalue weighted by Gasteiger charge is -2.14. The number of ether oxygens (including phenoxy) is 1. The molecule has 2 rings (SSSR count). The molecule has 1 aliphatic carbocycles. The van der Waals surface area contributed by atoms with Gasteiger partial charge in [0.25, 0.3) is 0 Å². The molecule has 0 saturated carbocycles. The van der Waals surface area contributed by atoms with E-state index in [1.807, 2.05) is 24.3 Å². The van der Waals surface area contributed by atoms with E-state index in [1.54, 1.807) is 7.11 Å². The first-order valence-corrected chi connectivity index (χ1v) is 7.36. The molecule has 0 aliphatic heterocycles. The van der Waals surface area contributed by atoms with Crippen LogP contribution in [-0.4, -0.2) is 13.7 Å². The number of hydrogen-bond donors (Lipinski definition) is 1. The van der Waals surface area contributed by atoms with Crippen LogP contribution in [0.5, 0.6) is 5.75 Å². The van der Waals surface area contributed by atoms with Crippen molar-refractivity contribution in [1.29, 1.82) is 0 Å². The van der Waals surface area contributed by atoms with E-state index in [9.17, 15) is 0 Å². The van der Waals surface area contributed by atoms with Gasteiger partial charge in [0.15, 0.2) is 0 Å². The standard InChI is InChI=1S/C19H23NO/c1-3-19(17-12-7-13-18(15-17)21-2)20-14-8-11-16-9-5-4-6-10-16/h3,5,7-13,15,19-20H,1,4,6,14H2,2H3/b11-8+. The number of rotatable bonds is 7. The van der Waals surface area contributed by atoms with Crippen LogP contribution < -0.4 is 10.1 Å². The van der Waals surface area contributed by atoms with Gasteiger partial charge in [-0.3, -0.25) is 0 Å². The van der Waals surface area contributed by atoms with Gasteiger partial charge in [-0.05, 0) is 36.1 Å². The van der Waals surface area contributed by atoms with Gasteiger partial charge in [0.2, 0.25) is 0 Å². The fraction of sp³-hybridized carbons (Fsp3) is 0.263. The molecule has 0 radical (unpaired) electrons. The quantitative estimate of drug-likeness (QED) is 0.750. The summed E-state index contributed by atoms with van der Waals surface area (Å²) >= 11 is 0. The molecule has 2 heteroatoms. The van der Waals surface area contributed by atoms with Gasteiger partial charge in [-0.1, -0.05) is 48.6 Å². The summed E-state index contributed by atoms with van der Waals surface area (Å²) in [7, 11) is 1.68. The van der Waals surface area contributed by atoms with Crippen LogP contribution in [0.3, 0.4) is 0 Å². The Morgan fingerprint density at radius 3 is 3.00 bits per heavy atom. The van der Waals surface area contributed by atoms with Crippen LogP contribution in [0.15, 0.2) is 72.9 Å². The van der Waals surface area contributed by atoms with E-state index in [1.165, 1.54) is 5.57 Å². The minimum Gasteiger partial charge on any atom is -0.497 e. The highest BCUT2D eigenvalue weighted by Crippen LogP contribution is 2.19. The Morgan fingerprint density at radius 2 is 2.29 bits per heavy atom. The van der Waals surface area contributed by atoms with Gasteiger partial charge in [0.1, 0.15) is 5.75 Å². The maximum absolute atomic E-state index is 5.26. The minimum atomic E-state index is 0.126. The van der Waals surface area contributed by atoms with Crippen LogP contribution in [0.25, 0.3) is 0 Å². The molecule has 2 nitrogen and oxygen atoms in total.